The van der Waals surface area contributed by atoms with Gasteiger partial charge in [0.05, 0.1) is 10.7 Å². The van der Waals surface area contributed by atoms with Crippen molar-refractivity contribution in [2.75, 3.05) is 6.26 Å². The first-order valence-corrected chi connectivity index (χ1v) is 12.1. The van der Waals surface area contributed by atoms with Gasteiger partial charge >= 0.3 is 0 Å². The Morgan fingerprint density at radius 2 is 1.92 bits per heavy atom. The van der Waals surface area contributed by atoms with Crippen LogP contribution in [0.4, 0.5) is 0 Å². The van der Waals surface area contributed by atoms with Crippen LogP contribution in [0.1, 0.15) is 0 Å². The van der Waals surface area contributed by atoms with Crippen molar-refractivity contribution in [3.8, 4) is 21.8 Å². The third-order valence-corrected chi connectivity index (χ3v) is 8.56. The zero-order valence-corrected chi connectivity index (χ0v) is 17.4. The number of thioether (sulfide) groups is 2. The molecule has 0 atom stereocenters. The van der Waals surface area contributed by atoms with Crippen molar-refractivity contribution in [2.45, 2.75) is 9.79 Å². The molecule has 1 aliphatic heterocycles. The van der Waals surface area contributed by atoms with E-state index in [1.165, 1.54) is 34.9 Å². The van der Waals surface area contributed by atoms with Gasteiger partial charge in [-0.1, -0.05) is 53.7 Å². The summed E-state index contributed by atoms with van der Waals surface area (Å²) in [5.41, 5.74) is 2.44. The van der Waals surface area contributed by atoms with Crippen molar-refractivity contribution in [1.82, 2.24) is 4.98 Å². The molecule has 26 heavy (non-hydrogen) atoms. The summed E-state index contributed by atoms with van der Waals surface area (Å²) in [6.45, 7) is 0. The van der Waals surface area contributed by atoms with Crippen LogP contribution in [0, 0.1) is 0 Å². The molecule has 9 heteroatoms. The molecule has 2 aromatic carbocycles. The maximum atomic E-state index is 12.5. The maximum absolute atomic E-state index is 12.5. The first-order chi connectivity index (χ1) is 12.5. The predicted molar refractivity (Wildman–Crippen MR) is 112 cm³/mol. The number of nitrogens with zero attached hydrogens (tertiary/aromatic N) is 2. The molecule has 0 amide bonds. The molecule has 1 aromatic heterocycles. The molecule has 4 rings (SSSR count). The molecule has 132 valence electrons. The number of hydrogen-bond donors (Lipinski definition) is 0. The Morgan fingerprint density at radius 1 is 1.15 bits per heavy atom. The highest BCUT2D eigenvalue weighted by molar-refractivity contribution is 8.39. The van der Waals surface area contributed by atoms with Gasteiger partial charge in [0.15, 0.2) is 0 Å². The Bertz CT molecular complexity index is 1120. The lowest BCUT2D eigenvalue weighted by Crippen LogP contribution is -2.07. The number of sulfonamides is 1. The second-order valence-electron chi connectivity index (χ2n) is 5.32. The second-order valence-corrected chi connectivity index (χ2v) is 10.2. The summed E-state index contributed by atoms with van der Waals surface area (Å²) in [5.74, 6) is 0. The van der Waals surface area contributed by atoms with Crippen LogP contribution in [-0.4, -0.2) is 24.0 Å². The molecule has 3 aromatic rings. The Hall–Kier alpha value is -1.32. The molecule has 2 heterocycles. The highest BCUT2D eigenvalue weighted by Gasteiger charge is 2.28. The molecule has 0 aliphatic carbocycles. The van der Waals surface area contributed by atoms with Crippen molar-refractivity contribution in [2.24, 2.45) is 4.40 Å². The quantitative estimate of drug-likeness (QED) is 0.517. The molecule has 0 unspecified atom stereocenters. The van der Waals surface area contributed by atoms with Gasteiger partial charge in [0.25, 0.3) is 10.0 Å². The average Bonchev–Trinajstić information content (AvgIpc) is 3.11. The van der Waals surface area contributed by atoms with E-state index >= 15 is 0 Å². The molecule has 4 nitrogen and oxygen atoms in total. The van der Waals surface area contributed by atoms with E-state index in [0.717, 1.165) is 11.3 Å². The lowest BCUT2D eigenvalue weighted by atomic mass is 10.2. The van der Waals surface area contributed by atoms with Gasteiger partial charge in [-0.05, 0) is 18.4 Å². The fraction of sp³-hybridized carbons (Fsp3) is 0.0588. The Balaban J connectivity index is 1.81. The molecule has 0 saturated carbocycles. The number of hydrogen-bond acceptors (Lipinski definition) is 6. The number of rotatable bonds is 2. The van der Waals surface area contributed by atoms with Crippen LogP contribution >= 0.6 is 46.5 Å². The third kappa shape index (κ3) is 3.32. The molecular weight excluding hydrogens is 428 g/mol. The Kier molecular flexibility index (Phi) is 4.87. The largest absolute Gasteiger partial charge is 0.285 e. The van der Waals surface area contributed by atoms with E-state index in [-0.39, 0.29) is 4.90 Å². The lowest BCUT2D eigenvalue weighted by Gasteiger charge is -2.15. The molecule has 0 N–H and O–H groups in total. The van der Waals surface area contributed by atoms with Crippen LogP contribution < -0.4 is 0 Å². The minimum atomic E-state index is -3.73. The Labute approximate surface area is 168 Å². The van der Waals surface area contributed by atoms with Crippen molar-refractivity contribution in [1.29, 1.82) is 0 Å². The minimum absolute atomic E-state index is 0.177. The smallest absolute Gasteiger partial charge is 0.236 e. The number of halogens is 1. The number of thiazole rings is 1. The molecule has 0 radical (unpaired) electrons. The maximum Gasteiger partial charge on any atom is 0.285 e. The van der Waals surface area contributed by atoms with Crippen molar-refractivity contribution in [3.63, 3.8) is 0 Å². The van der Waals surface area contributed by atoms with Crippen LogP contribution in [0.25, 0.3) is 21.8 Å². The lowest BCUT2D eigenvalue weighted by molar-refractivity contribution is 0.596. The Morgan fingerprint density at radius 3 is 2.65 bits per heavy atom. The van der Waals surface area contributed by atoms with Crippen molar-refractivity contribution < 1.29 is 8.42 Å². The molecule has 1 aliphatic rings. The van der Waals surface area contributed by atoms with Gasteiger partial charge in [-0.2, -0.15) is 8.42 Å². The normalized spacial score (nSPS) is 15.4. The van der Waals surface area contributed by atoms with Crippen molar-refractivity contribution in [3.05, 3.63) is 52.9 Å². The monoisotopic (exact) mass is 438 g/mol. The van der Waals surface area contributed by atoms with Crippen LogP contribution in [0.5, 0.6) is 0 Å². The summed E-state index contributed by atoms with van der Waals surface area (Å²) in [6, 6.07) is 13.1. The van der Waals surface area contributed by atoms with E-state index < -0.39 is 10.0 Å². The number of benzene rings is 2. The summed E-state index contributed by atoms with van der Waals surface area (Å²) in [7, 11) is -3.73. The van der Waals surface area contributed by atoms with Crippen LogP contribution in [0.2, 0.25) is 5.02 Å². The number of fused-ring (bicyclic) bond motifs is 1. The van der Waals surface area contributed by atoms with Crippen molar-refractivity contribution >= 4 is 60.9 Å². The van der Waals surface area contributed by atoms with Crippen LogP contribution in [-0.2, 0) is 10.0 Å². The first-order valence-electron chi connectivity index (χ1n) is 7.39. The van der Waals surface area contributed by atoms with Gasteiger partial charge in [0.2, 0.25) is 0 Å². The molecule has 0 saturated heterocycles. The van der Waals surface area contributed by atoms with E-state index in [1.807, 2.05) is 35.7 Å². The zero-order chi connectivity index (χ0) is 18.3. The average molecular weight is 439 g/mol. The summed E-state index contributed by atoms with van der Waals surface area (Å²) in [6.07, 6.45) is 1.79. The molecule has 0 bridgehead atoms. The highest BCUT2D eigenvalue weighted by Crippen LogP contribution is 2.43. The second kappa shape index (κ2) is 7.01. The highest BCUT2D eigenvalue weighted by atomic mass is 35.5. The van der Waals surface area contributed by atoms with Gasteiger partial charge in [0, 0.05) is 21.4 Å². The van der Waals surface area contributed by atoms with E-state index in [9.17, 15) is 8.42 Å². The topological polar surface area (TPSA) is 59.4 Å². The predicted octanol–water partition coefficient (Wildman–Crippen LogP) is 5.64. The fourth-order valence-electron chi connectivity index (χ4n) is 2.46. The summed E-state index contributed by atoms with van der Waals surface area (Å²) in [5, 5.41) is 3.09. The van der Waals surface area contributed by atoms with Gasteiger partial charge in [-0.25, -0.2) is 4.98 Å². The van der Waals surface area contributed by atoms with Gasteiger partial charge in [-0.15, -0.1) is 27.5 Å². The summed E-state index contributed by atoms with van der Waals surface area (Å²) >= 11 is 10.5. The SMILES string of the molecule is CSC1=NS(=O)(=O)c2cc(-c3nc(-c4ccccc4)cs3)c(Cl)cc2S1. The zero-order valence-electron chi connectivity index (χ0n) is 13.3. The molecule has 0 spiro atoms. The van der Waals surface area contributed by atoms with Gasteiger partial charge in [-0.3, -0.25) is 0 Å². The standard InChI is InChI=1S/C17H11ClN2O2S4/c1-23-17-20-26(21,22)15-7-11(12(18)8-14(15)25-17)16-19-13(9-24-16)10-5-3-2-4-6-10/h2-9H,1H3. The third-order valence-electron chi connectivity index (χ3n) is 3.68. The minimum Gasteiger partial charge on any atom is -0.236 e. The van der Waals surface area contributed by atoms with Gasteiger partial charge < -0.3 is 0 Å². The van der Waals surface area contributed by atoms with E-state index in [0.29, 0.717) is 24.9 Å². The molecule has 0 fully saturated rings. The first kappa shape index (κ1) is 18.1. The van der Waals surface area contributed by atoms with E-state index in [4.69, 9.17) is 11.6 Å². The van der Waals surface area contributed by atoms with Gasteiger partial charge in [0.1, 0.15) is 14.3 Å². The molecular formula is C17H11ClN2O2S4. The van der Waals surface area contributed by atoms with E-state index in [1.54, 1.807) is 18.4 Å². The fourth-order valence-corrected chi connectivity index (χ4v) is 7.17. The summed E-state index contributed by atoms with van der Waals surface area (Å²) in [4.78, 5) is 5.40. The van der Waals surface area contributed by atoms with Crippen LogP contribution in [0.3, 0.4) is 0 Å². The number of aromatic nitrogens is 1. The van der Waals surface area contributed by atoms with Crippen LogP contribution in [0.15, 0.2) is 62.0 Å². The van der Waals surface area contributed by atoms with E-state index in [2.05, 4.69) is 9.38 Å². The summed E-state index contributed by atoms with van der Waals surface area (Å²) < 4.78 is 29.3.